The van der Waals surface area contributed by atoms with Gasteiger partial charge in [0.25, 0.3) is 0 Å². The average molecular weight is 247 g/mol. The van der Waals surface area contributed by atoms with Crippen molar-refractivity contribution in [2.45, 2.75) is 13.5 Å². The minimum absolute atomic E-state index is 0.518. The highest BCUT2D eigenvalue weighted by atomic mass is 16.5. The van der Waals surface area contributed by atoms with Crippen molar-refractivity contribution in [1.82, 2.24) is 9.78 Å². The minimum atomic E-state index is 0.518. The fourth-order valence-electron chi connectivity index (χ4n) is 1.60. The maximum atomic E-state index is 5.68. The Morgan fingerprint density at radius 2 is 1.89 bits per heavy atom. The Balaban J connectivity index is 1.89. The number of nitrogens with zero attached hydrogens (tertiary/aromatic N) is 2. The lowest BCUT2D eigenvalue weighted by Gasteiger charge is -2.11. The van der Waals surface area contributed by atoms with Crippen molar-refractivity contribution >= 4 is 5.82 Å². The molecule has 2 N–H and O–H groups in total. The van der Waals surface area contributed by atoms with Crippen LogP contribution in [0, 0.1) is 0 Å². The summed E-state index contributed by atoms with van der Waals surface area (Å²) >= 11 is 0. The summed E-state index contributed by atoms with van der Waals surface area (Å²) in [5.41, 5.74) is 5.53. The van der Waals surface area contributed by atoms with E-state index in [0.717, 1.165) is 11.5 Å². The van der Waals surface area contributed by atoms with E-state index in [1.54, 1.807) is 10.7 Å². The molecule has 0 bridgehead atoms. The molecule has 0 amide bonds. The number of para-hydroxylation sites is 2. The molecule has 2 aromatic rings. The van der Waals surface area contributed by atoms with Crippen molar-refractivity contribution in [3.05, 3.63) is 36.5 Å². The van der Waals surface area contributed by atoms with E-state index in [4.69, 9.17) is 15.2 Å². The highest BCUT2D eigenvalue weighted by Crippen LogP contribution is 2.26. The zero-order valence-corrected chi connectivity index (χ0v) is 10.4. The molecule has 96 valence electrons. The molecule has 18 heavy (non-hydrogen) atoms. The smallest absolute Gasteiger partial charge is 0.161 e. The molecule has 0 atom stereocenters. The van der Waals surface area contributed by atoms with Crippen LogP contribution in [-0.2, 0) is 6.54 Å². The van der Waals surface area contributed by atoms with E-state index < -0.39 is 0 Å². The van der Waals surface area contributed by atoms with E-state index in [2.05, 4.69) is 5.10 Å². The van der Waals surface area contributed by atoms with Gasteiger partial charge < -0.3 is 15.2 Å². The number of rotatable bonds is 6. The molecular weight excluding hydrogens is 230 g/mol. The number of aromatic nitrogens is 2. The van der Waals surface area contributed by atoms with Gasteiger partial charge in [-0.2, -0.15) is 5.10 Å². The highest BCUT2D eigenvalue weighted by Gasteiger charge is 2.03. The summed E-state index contributed by atoms with van der Waals surface area (Å²) in [6.45, 7) is 3.74. The van der Waals surface area contributed by atoms with E-state index in [1.165, 1.54) is 0 Å². The topological polar surface area (TPSA) is 62.3 Å². The maximum Gasteiger partial charge on any atom is 0.161 e. The summed E-state index contributed by atoms with van der Waals surface area (Å²) in [5, 5.41) is 4.08. The maximum absolute atomic E-state index is 5.68. The SMILES string of the molecule is CCOc1ccccc1OCCn1ccc(N)n1. The van der Waals surface area contributed by atoms with Crippen LogP contribution in [0.2, 0.25) is 0 Å². The van der Waals surface area contributed by atoms with E-state index in [0.29, 0.717) is 25.6 Å². The van der Waals surface area contributed by atoms with Gasteiger partial charge in [-0.05, 0) is 25.1 Å². The summed E-state index contributed by atoms with van der Waals surface area (Å²) in [5.74, 6) is 2.03. The molecule has 2 rings (SSSR count). The zero-order chi connectivity index (χ0) is 12.8. The Hall–Kier alpha value is -2.17. The summed E-state index contributed by atoms with van der Waals surface area (Å²) in [4.78, 5) is 0. The molecule has 0 spiro atoms. The van der Waals surface area contributed by atoms with Gasteiger partial charge in [-0.1, -0.05) is 12.1 Å². The molecule has 0 aliphatic carbocycles. The second-order valence-electron chi connectivity index (χ2n) is 3.73. The van der Waals surface area contributed by atoms with Crippen LogP contribution in [0.4, 0.5) is 5.82 Å². The Bertz CT molecular complexity index is 496. The normalized spacial score (nSPS) is 10.3. The van der Waals surface area contributed by atoms with Crippen LogP contribution in [0.3, 0.4) is 0 Å². The second-order valence-corrected chi connectivity index (χ2v) is 3.73. The summed E-state index contributed by atoms with van der Waals surface area (Å²) < 4.78 is 12.9. The van der Waals surface area contributed by atoms with Crippen molar-refractivity contribution < 1.29 is 9.47 Å². The van der Waals surface area contributed by atoms with Crippen molar-refractivity contribution in [3.8, 4) is 11.5 Å². The third-order valence-electron chi connectivity index (χ3n) is 2.39. The van der Waals surface area contributed by atoms with E-state index >= 15 is 0 Å². The van der Waals surface area contributed by atoms with Gasteiger partial charge in [0.15, 0.2) is 11.5 Å². The van der Waals surface area contributed by atoms with E-state index in [1.807, 2.05) is 37.4 Å². The Morgan fingerprint density at radius 1 is 1.17 bits per heavy atom. The molecule has 0 aliphatic rings. The number of anilines is 1. The first-order valence-corrected chi connectivity index (χ1v) is 5.93. The predicted molar refractivity (Wildman–Crippen MR) is 69.7 cm³/mol. The molecule has 0 radical (unpaired) electrons. The standard InChI is InChI=1S/C13H17N3O2/c1-2-17-11-5-3-4-6-12(11)18-10-9-16-8-7-13(14)15-16/h3-8H,2,9-10H2,1H3,(H2,14,15). The minimum Gasteiger partial charge on any atom is -0.490 e. The molecule has 5 heteroatoms. The number of nitrogen functional groups attached to an aromatic ring is 1. The molecule has 1 aromatic heterocycles. The van der Waals surface area contributed by atoms with Crippen LogP contribution in [-0.4, -0.2) is 23.0 Å². The van der Waals surface area contributed by atoms with Crippen molar-refractivity contribution in [3.63, 3.8) is 0 Å². The monoisotopic (exact) mass is 247 g/mol. The molecule has 0 unspecified atom stereocenters. The molecule has 0 saturated carbocycles. The van der Waals surface area contributed by atoms with Gasteiger partial charge in [0.05, 0.1) is 13.2 Å². The second kappa shape index (κ2) is 5.95. The van der Waals surface area contributed by atoms with Gasteiger partial charge in [0, 0.05) is 6.20 Å². The molecule has 1 heterocycles. The van der Waals surface area contributed by atoms with Crippen LogP contribution >= 0.6 is 0 Å². The molecule has 0 aliphatic heterocycles. The number of ether oxygens (including phenoxy) is 2. The van der Waals surface area contributed by atoms with Crippen LogP contribution < -0.4 is 15.2 Å². The van der Waals surface area contributed by atoms with Gasteiger partial charge in [-0.25, -0.2) is 0 Å². The van der Waals surface area contributed by atoms with Crippen molar-refractivity contribution in [2.24, 2.45) is 0 Å². The molecule has 1 aromatic carbocycles. The first-order valence-electron chi connectivity index (χ1n) is 5.93. The quantitative estimate of drug-likeness (QED) is 0.847. The van der Waals surface area contributed by atoms with Crippen LogP contribution in [0.15, 0.2) is 36.5 Å². The van der Waals surface area contributed by atoms with Gasteiger partial charge in [0.1, 0.15) is 12.4 Å². The Kier molecular flexibility index (Phi) is 4.06. The number of hydrogen-bond acceptors (Lipinski definition) is 4. The predicted octanol–water partition coefficient (Wildman–Crippen LogP) is 1.94. The van der Waals surface area contributed by atoms with Gasteiger partial charge in [0.2, 0.25) is 0 Å². The molecule has 0 saturated heterocycles. The lowest BCUT2D eigenvalue weighted by molar-refractivity contribution is 0.262. The van der Waals surface area contributed by atoms with E-state index in [-0.39, 0.29) is 0 Å². The van der Waals surface area contributed by atoms with E-state index in [9.17, 15) is 0 Å². The average Bonchev–Trinajstić information content (AvgIpc) is 2.78. The van der Waals surface area contributed by atoms with Crippen LogP contribution in [0.1, 0.15) is 6.92 Å². The Labute approximate surface area is 106 Å². The lowest BCUT2D eigenvalue weighted by atomic mass is 10.3. The van der Waals surface area contributed by atoms with Crippen LogP contribution in [0.25, 0.3) is 0 Å². The van der Waals surface area contributed by atoms with Crippen LogP contribution in [0.5, 0.6) is 11.5 Å². The van der Waals surface area contributed by atoms with Gasteiger partial charge in [-0.15, -0.1) is 0 Å². The van der Waals surface area contributed by atoms with Crippen molar-refractivity contribution in [1.29, 1.82) is 0 Å². The third kappa shape index (κ3) is 3.16. The first-order chi connectivity index (χ1) is 8.79. The fraction of sp³-hybridized carbons (Fsp3) is 0.308. The fourth-order valence-corrected chi connectivity index (χ4v) is 1.60. The number of nitrogens with two attached hydrogens (primary N) is 1. The number of benzene rings is 1. The number of hydrogen-bond donors (Lipinski definition) is 1. The summed E-state index contributed by atoms with van der Waals surface area (Å²) in [6.07, 6.45) is 1.83. The lowest BCUT2D eigenvalue weighted by Crippen LogP contribution is -2.09. The Morgan fingerprint density at radius 3 is 2.50 bits per heavy atom. The summed E-state index contributed by atoms with van der Waals surface area (Å²) in [6, 6.07) is 9.39. The largest absolute Gasteiger partial charge is 0.490 e. The summed E-state index contributed by atoms with van der Waals surface area (Å²) in [7, 11) is 0. The highest BCUT2D eigenvalue weighted by molar-refractivity contribution is 5.39. The molecule has 5 nitrogen and oxygen atoms in total. The van der Waals surface area contributed by atoms with Gasteiger partial charge in [-0.3, -0.25) is 4.68 Å². The van der Waals surface area contributed by atoms with Gasteiger partial charge >= 0.3 is 0 Å². The zero-order valence-electron chi connectivity index (χ0n) is 10.4. The molecular formula is C13H17N3O2. The first kappa shape index (κ1) is 12.3. The third-order valence-corrected chi connectivity index (χ3v) is 2.39. The molecule has 0 fully saturated rings. The van der Waals surface area contributed by atoms with Crippen molar-refractivity contribution in [2.75, 3.05) is 18.9 Å².